The molecular formula is C10H11F2NOS. The van der Waals surface area contributed by atoms with Crippen LogP contribution in [0.1, 0.15) is 16.8 Å². The van der Waals surface area contributed by atoms with E-state index in [9.17, 15) is 13.6 Å². The van der Waals surface area contributed by atoms with Gasteiger partial charge in [0.15, 0.2) is 5.78 Å². The van der Waals surface area contributed by atoms with Crippen molar-refractivity contribution in [1.82, 2.24) is 0 Å². The van der Waals surface area contributed by atoms with Crippen LogP contribution in [-0.2, 0) is 0 Å². The third kappa shape index (κ3) is 3.97. The van der Waals surface area contributed by atoms with Gasteiger partial charge in [-0.25, -0.2) is 0 Å². The van der Waals surface area contributed by atoms with Crippen LogP contribution in [0.4, 0.5) is 8.78 Å². The van der Waals surface area contributed by atoms with Crippen LogP contribution >= 0.6 is 11.8 Å². The highest BCUT2D eigenvalue weighted by molar-refractivity contribution is 7.99. The van der Waals surface area contributed by atoms with E-state index >= 15 is 0 Å². The molecule has 15 heavy (non-hydrogen) atoms. The Morgan fingerprint density at radius 3 is 2.40 bits per heavy atom. The first kappa shape index (κ1) is 12.1. The molecule has 1 rings (SSSR count). The Bertz CT molecular complexity index is 327. The van der Waals surface area contributed by atoms with Crippen molar-refractivity contribution in [3.8, 4) is 0 Å². The molecule has 0 spiro atoms. The van der Waals surface area contributed by atoms with E-state index in [0.717, 1.165) is 0 Å². The minimum absolute atomic E-state index is 0.0638. The Balaban J connectivity index is 2.67. The molecule has 0 atom stereocenters. The number of carbonyl (C=O) groups is 1. The van der Waals surface area contributed by atoms with E-state index in [4.69, 9.17) is 5.73 Å². The number of Topliss-reactive ketones (excluding diaryl/α,β-unsaturated/α-hetero) is 1. The molecule has 0 amide bonds. The number of nitrogens with two attached hydrogens (primary N) is 1. The lowest BCUT2D eigenvalue weighted by Crippen LogP contribution is -2.07. The summed E-state index contributed by atoms with van der Waals surface area (Å²) in [7, 11) is 0. The number of benzene rings is 1. The molecule has 0 unspecified atom stereocenters. The number of thioether (sulfide) groups is 1. The molecule has 0 aliphatic heterocycles. The zero-order valence-electron chi connectivity index (χ0n) is 7.95. The second-order valence-electron chi connectivity index (χ2n) is 2.86. The average molecular weight is 231 g/mol. The third-order valence-electron chi connectivity index (χ3n) is 1.77. The van der Waals surface area contributed by atoms with Crippen molar-refractivity contribution in [2.24, 2.45) is 5.73 Å². The van der Waals surface area contributed by atoms with Crippen LogP contribution in [0.5, 0.6) is 0 Å². The van der Waals surface area contributed by atoms with Crippen LogP contribution in [0, 0.1) is 0 Å². The Kier molecular flexibility index (Phi) is 4.71. The van der Waals surface area contributed by atoms with E-state index < -0.39 is 5.76 Å². The van der Waals surface area contributed by atoms with Gasteiger partial charge >= 0.3 is 0 Å². The van der Waals surface area contributed by atoms with Crippen molar-refractivity contribution >= 4 is 17.5 Å². The van der Waals surface area contributed by atoms with Gasteiger partial charge in [-0.15, -0.1) is 0 Å². The molecule has 1 aromatic carbocycles. The lowest BCUT2D eigenvalue weighted by molar-refractivity contribution is 0.0985. The molecule has 0 aliphatic rings. The van der Waals surface area contributed by atoms with Gasteiger partial charge in [0, 0.05) is 16.9 Å². The van der Waals surface area contributed by atoms with Crippen LogP contribution in [-0.4, -0.2) is 18.1 Å². The highest BCUT2D eigenvalue weighted by Gasteiger charge is 2.07. The standard InChI is InChI=1S/C10H11F2NOS/c11-10(12)15-8-3-1-7(2-4-8)9(14)5-6-13/h1-4,10H,5-6,13H2. The maximum Gasteiger partial charge on any atom is 0.288 e. The zero-order valence-corrected chi connectivity index (χ0v) is 8.77. The third-order valence-corrected chi connectivity index (χ3v) is 2.50. The maximum absolute atomic E-state index is 12.0. The van der Waals surface area contributed by atoms with Crippen LogP contribution < -0.4 is 5.73 Å². The summed E-state index contributed by atoms with van der Waals surface area (Å²) in [6, 6.07) is 6.12. The second kappa shape index (κ2) is 5.82. The molecular weight excluding hydrogens is 220 g/mol. The van der Waals surface area contributed by atoms with Crippen LogP contribution in [0.2, 0.25) is 0 Å². The van der Waals surface area contributed by atoms with E-state index in [2.05, 4.69) is 0 Å². The minimum atomic E-state index is -2.43. The van der Waals surface area contributed by atoms with E-state index in [-0.39, 0.29) is 12.2 Å². The normalized spacial score (nSPS) is 10.7. The summed E-state index contributed by atoms with van der Waals surface area (Å²) in [4.78, 5) is 11.8. The van der Waals surface area contributed by atoms with Gasteiger partial charge in [0.2, 0.25) is 0 Å². The SMILES string of the molecule is NCCC(=O)c1ccc(SC(F)F)cc1. The summed E-state index contributed by atoms with van der Waals surface area (Å²) < 4.78 is 24.0. The molecule has 1 aromatic rings. The first-order valence-electron chi connectivity index (χ1n) is 4.41. The number of alkyl halides is 2. The summed E-state index contributed by atoms with van der Waals surface area (Å²) in [6.45, 7) is 0.298. The fourth-order valence-electron chi connectivity index (χ4n) is 1.10. The molecule has 0 aliphatic carbocycles. The van der Waals surface area contributed by atoms with Gasteiger partial charge in [0.05, 0.1) is 0 Å². The van der Waals surface area contributed by atoms with Gasteiger partial charge in [-0.1, -0.05) is 23.9 Å². The molecule has 0 heterocycles. The zero-order chi connectivity index (χ0) is 11.3. The molecule has 5 heteroatoms. The predicted molar refractivity (Wildman–Crippen MR) is 56.3 cm³/mol. The van der Waals surface area contributed by atoms with E-state index in [0.29, 0.717) is 28.8 Å². The van der Waals surface area contributed by atoms with E-state index in [1.165, 1.54) is 12.1 Å². The maximum atomic E-state index is 12.0. The Morgan fingerprint density at radius 2 is 1.93 bits per heavy atom. The largest absolute Gasteiger partial charge is 0.330 e. The topological polar surface area (TPSA) is 43.1 Å². The predicted octanol–water partition coefficient (Wildman–Crippen LogP) is 2.53. The second-order valence-corrected chi connectivity index (χ2v) is 3.93. The van der Waals surface area contributed by atoms with E-state index in [1.54, 1.807) is 12.1 Å². The fraction of sp³-hybridized carbons (Fsp3) is 0.300. The highest BCUT2D eigenvalue weighted by atomic mass is 32.2. The molecule has 0 saturated carbocycles. The smallest absolute Gasteiger partial charge is 0.288 e. The van der Waals surface area contributed by atoms with Gasteiger partial charge in [0.25, 0.3) is 5.76 Å². The van der Waals surface area contributed by atoms with Crippen LogP contribution in [0.15, 0.2) is 29.2 Å². The minimum Gasteiger partial charge on any atom is -0.330 e. The van der Waals surface area contributed by atoms with Crippen molar-refractivity contribution in [2.45, 2.75) is 17.1 Å². The summed E-state index contributed by atoms with van der Waals surface area (Å²) in [6.07, 6.45) is 0.279. The Labute approximate surface area is 90.8 Å². The monoisotopic (exact) mass is 231 g/mol. The number of rotatable bonds is 5. The Hall–Kier alpha value is -0.940. The number of hydrogen-bond acceptors (Lipinski definition) is 3. The Morgan fingerprint density at radius 1 is 1.33 bits per heavy atom. The fourth-order valence-corrected chi connectivity index (χ4v) is 1.60. The lowest BCUT2D eigenvalue weighted by atomic mass is 10.1. The average Bonchev–Trinajstić information content (AvgIpc) is 2.18. The quantitative estimate of drug-likeness (QED) is 0.625. The van der Waals surface area contributed by atoms with Gasteiger partial charge < -0.3 is 5.73 Å². The first-order chi connectivity index (χ1) is 7.13. The van der Waals surface area contributed by atoms with Gasteiger partial charge in [-0.2, -0.15) is 8.78 Å². The number of halogens is 2. The summed E-state index contributed by atoms with van der Waals surface area (Å²) in [5, 5.41) is 0. The van der Waals surface area contributed by atoms with Crippen molar-refractivity contribution < 1.29 is 13.6 Å². The first-order valence-corrected chi connectivity index (χ1v) is 5.29. The molecule has 2 N–H and O–H groups in total. The highest BCUT2D eigenvalue weighted by Crippen LogP contribution is 2.25. The van der Waals surface area contributed by atoms with Crippen LogP contribution in [0.25, 0.3) is 0 Å². The van der Waals surface area contributed by atoms with Crippen molar-refractivity contribution in [1.29, 1.82) is 0 Å². The van der Waals surface area contributed by atoms with Crippen molar-refractivity contribution in [3.63, 3.8) is 0 Å². The summed E-state index contributed by atoms with van der Waals surface area (Å²) in [5.74, 6) is -2.50. The summed E-state index contributed by atoms with van der Waals surface area (Å²) in [5.41, 5.74) is 5.75. The number of ketones is 1. The number of carbonyl (C=O) groups excluding carboxylic acids is 1. The number of hydrogen-bond donors (Lipinski definition) is 1. The van der Waals surface area contributed by atoms with Gasteiger partial charge in [0.1, 0.15) is 0 Å². The molecule has 0 radical (unpaired) electrons. The molecule has 0 bridgehead atoms. The summed E-state index contributed by atoms with van der Waals surface area (Å²) >= 11 is 0.463. The van der Waals surface area contributed by atoms with Gasteiger partial charge in [-0.05, 0) is 18.7 Å². The van der Waals surface area contributed by atoms with Gasteiger partial charge in [-0.3, -0.25) is 4.79 Å². The van der Waals surface area contributed by atoms with Crippen molar-refractivity contribution in [2.75, 3.05) is 6.54 Å². The lowest BCUT2D eigenvalue weighted by Gasteiger charge is -2.02. The van der Waals surface area contributed by atoms with Crippen LogP contribution in [0.3, 0.4) is 0 Å². The molecule has 2 nitrogen and oxygen atoms in total. The molecule has 0 saturated heterocycles. The molecule has 82 valence electrons. The van der Waals surface area contributed by atoms with E-state index in [1.807, 2.05) is 0 Å². The molecule has 0 fully saturated rings. The molecule has 0 aromatic heterocycles. The van der Waals surface area contributed by atoms with Crippen molar-refractivity contribution in [3.05, 3.63) is 29.8 Å².